The van der Waals surface area contributed by atoms with Crippen molar-refractivity contribution in [3.63, 3.8) is 0 Å². The Balaban J connectivity index is 1.45. The number of aryl methyl sites for hydroxylation is 1. The van der Waals surface area contributed by atoms with Gasteiger partial charge in [0.05, 0.1) is 23.5 Å². The third kappa shape index (κ3) is 9.62. The van der Waals surface area contributed by atoms with E-state index >= 15 is 0 Å². The third-order valence-electron chi connectivity index (χ3n) is 11.4. The minimum absolute atomic E-state index is 0.00715. The monoisotopic (exact) mass is 741 g/mol. The Labute approximate surface area is 310 Å². The Hall–Kier alpha value is -3.90. The summed E-state index contributed by atoms with van der Waals surface area (Å²) in [4.78, 5) is 31.2. The molecular weight excluding hydrogens is 686 g/mol. The number of halogens is 4. The summed E-state index contributed by atoms with van der Waals surface area (Å²) in [7, 11) is 0. The molecule has 0 saturated carbocycles. The van der Waals surface area contributed by atoms with Crippen LogP contribution in [0.3, 0.4) is 0 Å². The smallest absolute Gasteiger partial charge is 0.381 e. The van der Waals surface area contributed by atoms with Crippen LogP contribution < -0.4 is 21.3 Å². The molecule has 2 amide bonds. The number of H-pyrrole nitrogens is 1. The average Bonchev–Trinajstić information content (AvgIpc) is 3.51. The van der Waals surface area contributed by atoms with E-state index < -0.39 is 35.0 Å². The van der Waals surface area contributed by atoms with Crippen LogP contribution in [0.15, 0.2) is 54.7 Å². The van der Waals surface area contributed by atoms with Crippen LogP contribution in [-0.4, -0.2) is 60.7 Å². The van der Waals surface area contributed by atoms with Gasteiger partial charge in [-0.3, -0.25) is 9.59 Å². The summed E-state index contributed by atoms with van der Waals surface area (Å²) >= 11 is 0. The molecule has 2 heterocycles. The first kappa shape index (κ1) is 40.3. The fourth-order valence-electron chi connectivity index (χ4n) is 7.68. The summed E-state index contributed by atoms with van der Waals surface area (Å²) < 4.78 is 62.2. The number of rotatable bonds is 16. The van der Waals surface area contributed by atoms with Crippen molar-refractivity contribution in [1.29, 1.82) is 0 Å². The molecule has 5 rings (SSSR count). The topological polar surface area (TPSA) is 107 Å². The van der Waals surface area contributed by atoms with Gasteiger partial charge in [-0.2, -0.15) is 13.2 Å². The van der Waals surface area contributed by atoms with Crippen LogP contribution in [0.1, 0.15) is 82.2 Å². The maximum Gasteiger partial charge on any atom is 0.418 e. The number of hydrogen-bond acceptors (Lipinski definition) is 5. The summed E-state index contributed by atoms with van der Waals surface area (Å²) in [6.45, 7) is 15.3. The van der Waals surface area contributed by atoms with Gasteiger partial charge in [-0.1, -0.05) is 77.4 Å². The van der Waals surface area contributed by atoms with Crippen molar-refractivity contribution >= 4 is 22.7 Å². The highest BCUT2D eigenvalue weighted by atomic mass is 19.4. The lowest BCUT2D eigenvalue weighted by atomic mass is 9.77. The lowest BCUT2D eigenvalue weighted by Gasteiger charge is -2.42. The zero-order valence-corrected chi connectivity index (χ0v) is 31.4. The van der Waals surface area contributed by atoms with Gasteiger partial charge in [0.25, 0.3) is 0 Å². The Bertz CT molecular complexity index is 1740. The number of alkyl halides is 3. The number of carbonyl (C=O) groups is 2. The summed E-state index contributed by atoms with van der Waals surface area (Å²) in [5.74, 6) is -0.614. The summed E-state index contributed by atoms with van der Waals surface area (Å²) in [5, 5.41) is 13.9. The summed E-state index contributed by atoms with van der Waals surface area (Å²) in [6, 6.07) is 9.41. The predicted molar refractivity (Wildman–Crippen MR) is 200 cm³/mol. The van der Waals surface area contributed by atoms with E-state index in [-0.39, 0.29) is 54.1 Å². The number of aromatic amines is 1. The second kappa shape index (κ2) is 17.5. The van der Waals surface area contributed by atoms with Gasteiger partial charge in [-0.25, -0.2) is 4.39 Å². The minimum Gasteiger partial charge on any atom is -0.381 e. The first-order chi connectivity index (χ1) is 25.3. The zero-order valence-electron chi connectivity index (χ0n) is 31.4. The molecule has 0 radical (unpaired) electrons. The van der Waals surface area contributed by atoms with E-state index in [1.807, 2.05) is 13.8 Å². The molecule has 2 aromatic carbocycles. The SMILES string of the molecule is C=C(N[C@]1(C(=O)N[C@H](CNCC2CCOCC2)C(C)CC)CCc2[nH]c3c(C(F)(F)F)cccc3c2C1)[C@@H](NC(=O)Cc1ccccc1F)C(C)CC. The lowest BCUT2D eigenvalue weighted by molar-refractivity contribution is -0.136. The van der Waals surface area contributed by atoms with Crippen LogP contribution in [0.2, 0.25) is 0 Å². The zero-order chi connectivity index (χ0) is 38.3. The molecule has 8 nitrogen and oxygen atoms in total. The molecule has 0 bridgehead atoms. The fourth-order valence-corrected chi connectivity index (χ4v) is 7.68. The average molecular weight is 742 g/mol. The number of nitrogens with one attached hydrogen (secondary N) is 5. The van der Waals surface area contributed by atoms with E-state index in [1.165, 1.54) is 12.1 Å². The van der Waals surface area contributed by atoms with Gasteiger partial charge in [0.15, 0.2) is 0 Å². The molecule has 2 unspecified atom stereocenters. The van der Waals surface area contributed by atoms with E-state index in [9.17, 15) is 27.2 Å². The van der Waals surface area contributed by atoms with Crippen LogP contribution in [0, 0.1) is 23.6 Å². The standard InChI is InChI=1S/C41H55F4N5O3/c1-6-25(3)35(24-46-23-28-16-19-53-20-17-28)48-39(52)40(18-15-34-31(22-40)30-12-10-13-32(38(30)47-34)41(43,44)45)50-27(5)37(26(4)7-2)49-36(51)21-29-11-8-9-14-33(29)42/h8-14,25-26,28,35,37,46-47,50H,5-7,15-24H2,1-4H3,(H,48,52)(H,49,51)/t25?,26?,35-,37+,40-/m1/s1. The molecule has 5 atom stereocenters. The molecule has 0 spiro atoms. The van der Waals surface area contributed by atoms with E-state index in [0.717, 1.165) is 45.1 Å². The Morgan fingerprint density at radius 1 is 1.02 bits per heavy atom. The van der Waals surface area contributed by atoms with Gasteiger partial charge in [0.1, 0.15) is 11.4 Å². The molecule has 1 aliphatic carbocycles. The number of ether oxygens (including phenoxy) is 1. The first-order valence-corrected chi connectivity index (χ1v) is 19.0. The highest BCUT2D eigenvalue weighted by molar-refractivity contribution is 5.92. The number of carbonyl (C=O) groups excluding carboxylic acids is 2. The van der Waals surface area contributed by atoms with Crippen molar-refractivity contribution in [3.8, 4) is 0 Å². The van der Waals surface area contributed by atoms with Gasteiger partial charge >= 0.3 is 6.18 Å². The molecule has 5 N–H and O–H groups in total. The Kier molecular flexibility index (Phi) is 13.3. The van der Waals surface area contributed by atoms with E-state index in [0.29, 0.717) is 47.6 Å². The highest BCUT2D eigenvalue weighted by Gasteiger charge is 2.45. The second-order valence-electron chi connectivity index (χ2n) is 15.1. The first-order valence-electron chi connectivity index (χ1n) is 19.0. The van der Waals surface area contributed by atoms with Crippen molar-refractivity contribution in [3.05, 3.63) is 82.9 Å². The third-order valence-corrected chi connectivity index (χ3v) is 11.4. The number of hydrogen-bond donors (Lipinski definition) is 5. The molecule has 1 aliphatic heterocycles. The van der Waals surface area contributed by atoms with Crippen molar-refractivity contribution in [2.24, 2.45) is 17.8 Å². The van der Waals surface area contributed by atoms with Crippen molar-refractivity contribution in [2.45, 2.75) is 103 Å². The van der Waals surface area contributed by atoms with Gasteiger partial charge in [-0.15, -0.1) is 0 Å². The van der Waals surface area contributed by atoms with Gasteiger partial charge < -0.3 is 31.0 Å². The molecule has 2 aliphatic rings. The quantitative estimate of drug-likeness (QED) is 0.102. The van der Waals surface area contributed by atoms with Crippen molar-refractivity contribution in [2.75, 3.05) is 26.3 Å². The maximum absolute atomic E-state index is 14.8. The Morgan fingerprint density at radius 2 is 1.74 bits per heavy atom. The van der Waals surface area contributed by atoms with Crippen LogP contribution >= 0.6 is 0 Å². The van der Waals surface area contributed by atoms with Crippen LogP contribution in [0.4, 0.5) is 17.6 Å². The van der Waals surface area contributed by atoms with E-state index in [4.69, 9.17) is 4.74 Å². The van der Waals surface area contributed by atoms with Crippen LogP contribution in [-0.2, 0) is 39.8 Å². The maximum atomic E-state index is 14.8. The van der Waals surface area contributed by atoms with E-state index in [2.05, 4.69) is 46.7 Å². The highest BCUT2D eigenvalue weighted by Crippen LogP contribution is 2.40. The second-order valence-corrected chi connectivity index (χ2v) is 15.1. The van der Waals surface area contributed by atoms with Gasteiger partial charge in [-0.05, 0) is 73.2 Å². The number of aromatic nitrogens is 1. The van der Waals surface area contributed by atoms with Gasteiger partial charge in [0.2, 0.25) is 11.8 Å². The molecule has 290 valence electrons. The number of fused-ring (bicyclic) bond motifs is 3. The summed E-state index contributed by atoms with van der Waals surface area (Å²) in [5.41, 5.74) is -0.0436. The van der Waals surface area contributed by atoms with Crippen LogP contribution in [0.25, 0.3) is 10.9 Å². The molecular formula is C41H55F4N5O3. The molecule has 1 saturated heterocycles. The molecule has 53 heavy (non-hydrogen) atoms. The number of benzene rings is 2. The minimum atomic E-state index is -4.56. The normalized spacial score (nSPS) is 20.2. The Morgan fingerprint density at radius 3 is 2.42 bits per heavy atom. The van der Waals surface area contributed by atoms with Crippen molar-refractivity contribution in [1.82, 2.24) is 26.3 Å². The van der Waals surface area contributed by atoms with E-state index in [1.54, 1.807) is 24.3 Å². The number of para-hydroxylation sites is 1. The molecule has 3 aromatic rings. The predicted octanol–water partition coefficient (Wildman–Crippen LogP) is 6.98. The van der Waals surface area contributed by atoms with Gasteiger partial charge in [0, 0.05) is 49.0 Å². The molecule has 12 heteroatoms. The largest absolute Gasteiger partial charge is 0.418 e. The van der Waals surface area contributed by atoms with Crippen molar-refractivity contribution < 1.29 is 31.9 Å². The van der Waals surface area contributed by atoms with Crippen LogP contribution in [0.5, 0.6) is 0 Å². The molecule has 1 fully saturated rings. The summed E-state index contributed by atoms with van der Waals surface area (Å²) in [6.07, 6.45) is -0.556. The fraction of sp³-hybridized carbons (Fsp3) is 0.561. The lowest BCUT2D eigenvalue weighted by Crippen LogP contribution is -2.64. The number of amides is 2. The molecule has 1 aromatic heterocycles.